The SMILES string of the molecule is C=CCN(C(=O)C1N([C@@H](CO)Cc2ccccc2)C(=O)[C@@H]2[C@@H](C(=O)OCC)[C@@]3(C)CCC12O3)c1ccc(N(CC)CC)cc1. The molecule has 3 aliphatic rings. The van der Waals surface area contributed by atoms with Crippen LogP contribution in [0, 0.1) is 11.8 Å². The van der Waals surface area contributed by atoms with Gasteiger partial charge in [0, 0.05) is 31.0 Å². The summed E-state index contributed by atoms with van der Waals surface area (Å²) in [6.45, 7) is 13.4. The van der Waals surface area contributed by atoms with Crippen LogP contribution in [0.3, 0.4) is 0 Å². The van der Waals surface area contributed by atoms with Crippen LogP contribution in [0.25, 0.3) is 0 Å². The molecule has 3 fully saturated rings. The molecule has 1 spiro atoms. The minimum absolute atomic E-state index is 0.176. The van der Waals surface area contributed by atoms with Gasteiger partial charge in [0.15, 0.2) is 0 Å². The summed E-state index contributed by atoms with van der Waals surface area (Å²) in [5.74, 6) is -2.90. The number of nitrogens with zero attached hydrogens (tertiary/aromatic N) is 3. The van der Waals surface area contributed by atoms with Crippen LogP contribution in [-0.4, -0.2) is 83.9 Å². The number of benzene rings is 2. The van der Waals surface area contributed by atoms with Crippen molar-refractivity contribution in [2.75, 3.05) is 42.6 Å². The lowest BCUT2D eigenvalue weighted by Gasteiger charge is -2.39. The smallest absolute Gasteiger partial charge is 0.312 e. The zero-order chi connectivity index (χ0) is 31.6. The van der Waals surface area contributed by atoms with E-state index in [9.17, 15) is 19.5 Å². The van der Waals surface area contributed by atoms with Crippen molar-refractivity contribution in [3.05, 3.63) is 72.8 Å². The summed E-state index contributed by atoms with van der Waals surface area (Å²) in [6, 6.07) is 15.6. The maximum atomic E-state index is 14.9. The van der Waals surface area contributed by atoms with Crippen LogP contribution < -0.4 is 9.80 Å². The number of ether oxygens (including phenoxy) is 2. The maximum Gasteiger partial charge on any atom is 0.312 e. The largest absolute Gasteiger partial charge is 0.466 e. The summed E-state index contributed by atoms with van der Waals surface area (Å²) in [5.41, 5.74) is 0.481. The average Bonchev–Trinajstić information content (AvgIpc) is 3.60. The Bertz CT molecular complexity index is 1360. The van der Waals surface area contributed by atoms with Crippen LogP contribution in [0.2, 0.25) is 0 Å². The molecule has 3 aliphatic heterocycles. The number of esters is 1. The van der Waals surface area contributed by atoms with Gasteiger partial charge in [0.25, 0.3) is 5.91 Å². The second-order valence-electron chi connectivity index (χ2n) is 12.2. The normalized spacial score (nSPS) is 27.6. The van der Waals surface area contributed by atoms with Gasteiger partial charge < -0.3 is 29.3 Å². The van der Waals surface area contributed by atoms with Gasteiger partial charge in [0.2, 0.25) is 5.91 Å². The molecule has 2 unspecified atom stereocenters. The molecule has 44 heavy (non-hydrogen) atoms. The van der Waals surface area contributed by atoms with Crippen LogP contribution in [0.1, 0.15) is 46.1 Å². The summed E-state index contributed by atoms with van der Waals surface area (Å²) < 4.78 is 12.2. The molecule has 5 rings (SSSR count). The topological polar surface area (TPSA) is 99.6 Å². The van der Waals surface area contributed by atoms with Gasteiger partial charge in [-0.2, -0.15) is 0 Å². The van der Waals surface area contributed by atoms with Crippen molar-refractivity contribution in [1.29, 1.82) is 0 Å². The highest BCUT2D eigenvalue weighted by Gasteiger charge is 2.79. The van der Waals surface area contributed by atoms with Gasteiger partial charge in [0.1, 0.15) is 17.6 Å². The molecular weight excluding hydrogens is 558 g/mol. The molecule has 2 bridgehead atoms. The Morgan fingerprint density at radius 3 is 2.34 bits per heavy atom. The molecule has 1 N–H and O–H groups in total. The lowest BCUT2D eigenvalue weighted by molar-refractivity contribution is -0.160. The number of likely N-dealkylation sites (tertiary alicyclic amines) is 1. The van der Waals surface area contributed by atoms with E-state index in [-0.39, 0.29) is 31.6 Å². The number of fused-ring (bicyclic) bond motifs is 1. The number of carbonyl (C=O) groups excluding carboxylic acids is 3. The number of amides is 2. The van der Waals surface area contributed by atoms with Crippen LogP contribution >= 0.6 is 0 Å². The second-order valence-corrected chi connectivity index (χ2v) is 12.2. The van der Waals surface area contributed by atoms with Gasteiger partial charge in [-0.25, -0.2) is 0 Å². The van der Waals surface area contributed by atoms with Gasteiger partial charge in [-0.3, -0.25) is 14.4 Å². The van der Waals surface area contributed by atoms with Crippen LogP contribution in [0.4, 0.5) is 11.4 Å². The Labute approximate surface area is 260 Å². The molecule has 0 aliphatic carbocycles. The van der Waals surface area contributed by atoms with E-state index in [2.05, 4.69) is 25.3 Å². The summed E-state index contributed by atoms with van der Waals surface area (Å²) in [5, 5.41) is 10.7. The maximum absolute atomic E-state index is 14.9. The van der Waals surface area contributed by atoms with E-state index in [1.807, 2.05) is 61.5 Å². The number of aliphatic hydroxyl groups is 1. The van der Waals surface area contributed by atoms with Crippen molar-refractivity contribution in [2.24, 2.45) is 11.8 Å². The number of rotatable bonds is 13. The van der Waals surface area contributed by atoms with E-state index < -0.39 is 41.1 Å². The molecule has 6 atom stereocenters. The molecular formula is C35H45N3O6. The highest BCUT2D eigenvalue weighted by Crippen LogP contribution is 2.63. The molecule has 0 aromatic heterocycles. The lowest BCUT2D eigenvalue weighted by atomic mass is 9.66. The number of aliphatic hydroxyl groups excluding tert-OH is 1. The van der Waals surface area contributed by atoms with E-state index in [1.165, 1.54) is 4.90 Å². The van der Waals surface area contributed by atoms with Crippen molar-refractivity contribution in [3.63, 3.8) is 0 Å². The first-order valence-corrected chi connectivity index (χ1v) is 15.8. The molecule has 9 nitrogen and oxygen atoms in total. The van der Waals surface area contributed by atoms with E-state index in [0.717, 1.165) is 24.3 Å². The Morgan fingerprint density at radius 2 is 1.75 bits per heavy atom. The predicted octanol–water partition coefficient (Wildman–Crippen LogP) is 3.98. The number of anilines is 2. The van der Waals surface area contributed by atoms with E-state index in [0.29, 0.717) is 24.9 Å². The van der Waals surface area contributed by atoms with Gasteiger partial charge in [0.05, 0.1) is 30.8 Å². The van der Waals surface area contributed by atoms with E-state index in [4.69, 9.17) is 9.47 Å². The summed E-state index contributed by atoms with van der Waals surface area (Å²) in [4.78, 5) is 48.3. The van der Waals surface area contributed by atoms with E-state index in [1.54, 1.807) is 17.9 Å². The van der Waals surface area contributed by atoms with Crippen molar-refractivity contribution in [3.8, 4) is 0 Å². The summed E-state index contributed by atoms with van der Waals surface area (Å²) in [6.07, 6.45) is 2.96. The van der Waals surface area contributed by atoms with Gasteiger partial charge in [-0.15, -0.1) is 6.58 Å². The molecule has 236 valence electrons. The Kier molecular flexibility index (Phi) is 9.18. The van der Waals surface area contributed by atoms with Crippen molar-refractivity contribution >= 4 is 29.2 Å². The third-order valence-corrected chi connectivity index (χ3v) is 9.77. The third kappa shape index (κ3) is 5.20. The number of hydrogen-bond acceptors (Lipinski definition) is 7. The second kappa shape index (κ2) is 12.7. The molecule has 3 heterocycles. The highest BCUT2D eigenvalue weighted by molar-refractivity contribution is 6.05. The quantitative estimate of drug-likeness (QED) is 0.273. The highest BCUT2D eigenvalue weighted by atomic mass is 16.6. The van der Waals surface area contributed by atoms with Gasteiger partial charge in [-0.05, 0) is 76.8 Å². The Morgan fingerprint density at radius 1 is 1.09 bits per heavy atom. The van der Waals surface area contributed by atoms with Crippen LogP contribution in [0.15, 0.2) is 67.3 Å². The minimum atomic E-state index is -1.23. The number of carbonyl (C=O) groups is 3. The van der Waals surface area contributed by atoms with Crippen LogP contribution in [0.5, 0.6) is 0 Å². The fourth-order valence-corrected chi connectivity index (χ4v) is 7.79. The fraction of sp³-hybridized carbons (Fsp3) is 0.514. The molecule has 9 heteroatoms. The Hall–Kier alpha value is -3.69. The lowest BCUT2D eigenvalue weighted by Crippen LogP contribution is -2.59. The Balaban J connectivity index is 1.60. The standard InChI is InChI=1S/C35H45N3O6/c1-6-21-37(26-17-15-25(16-18-26)36(7-2)8-3)32(41)30-35-20-19-34(5,44-35)29(33(42)43-9-4)28(35)31(40)38(30)27(23-39)22-24-13-11-10-12-14-24/h6,10-18,27-30,39H,1,7-9,19-23H2,2-5H3/t27-,28+,29+,30?,34-,35?/m1/s1. The molecule has 3 saturated heterocycles. The first-order valence-electron chi connectivity index (χ1n) is 15.8. The first kappa shape index (κ1) is 31.7. The first-order chi connectivity index (χ1) is 21.2. The molecule has 0 radical (unpaired) electrons. The minimum Gasteiger partial charge on any atom is -0.466 e. The summed E-state index contributed by atoms with van der Waals surface area (Å²) >= 11 is 0. The van der Waals surface area contributed by atoms with Crippen molar-refractivity contribution in [1.82, 2.24) is 4.90 Å². The zero-order valence-electron chi connectivity index (χ0n) is 26.3. The zero-order valence-corrected chi connectivity index (χ0v) is 26.3. The van der Waals surface area contributed by atoms with Crippen molar-refractivity contribution in [2.45, 2.75) is 70.2 Å². The fourth-order valence-electron chi connectivity index (χ4n) is 7.79. The predicted molar refractivity (Wildman–Crippen MR) is 169 cm³/mol. The number of hydrogen-bond donors (Lipinski definition) is 1. The molecule has 0 saturated carbocycles. The van der Waals surface area contributed by atoms with Gasteiger partial charge >= 0.3 is 5.97 Å². The molecule has 2 aromatic rings. The average molecular weight is 604 g/mol. The van der Waals surface area contributed by atoms with E-state index >= 15 is 0 Å². The summed E-state index contributed by atoms with van der Waals surface area (Å²) in [7, 11) is 0. The van der Waals surface area contributed by atoms with Crippen molar-refractivity contribution < 1.29 is 29.0 Å². The monoisotopic (exact) mass is 603 g/mol. The van der Waals surface area contributed by atoms with Gasteiger partial charge in [-0.1, -0.05) is 36.4 Å². The molecule has 2 aromatic carbocycles. The van der Waals surface area contributed by atoms with Crippen LogP contribution in [-0.2, 0) is 30.3 Å². The third-order valence-electron chi connectivity index (χ3n) is 9.77. The molecule has 2 amide bonds.